The van der Waals surface area contributed by atoms with Gasteiger partial charge in [0.2, 0.25) is 0 Å². The molecule has 2 saturated heterocycles. The SMILES string of the molecule is Cc1ccc(CN2CCN(C3CCN(C(=O)Nc4ccc(F)cc4F)CC3)C(=O)C2=O)cc1. The number of likely N-dealkylation sites (tertiary alicyclic amines) is 1. The number of anilines is 1. The van der Waals surface area contributed by atoms with Gasteiger partial charge in [-0.25, -0.2) is 13.6 Å². The Bertz CT molecular complexity index is 1050. The lowest BCUT2D eigenvalue weighted by molar-refractivity contribution is -0.158. The van der Waals surface area contributed by atoms with Crippen molar-refractivity contribution in [3.05, 3.63) is 65.2 Å². The van der Waals surface area contributed by atoms with E-state index in [2.05, 4.69) is 5.32 Å². The zero-order chi connectivity index (χ0) is 23.5. The van der Waals surface area contributed by atoms with Crippen molar-refractivity contribution in [1.82, 2.24) is 14.7 Å². The summed E-state index contributed by atoms with van der Waals surface area (Å²) in [5.74, 6) is -2.58. The Balaban J connectivity index is 1.29. The van der Waals surface area contributed by atoms with Crippen molar-refractivity contribution in [3.8, 4) is 0 Å². The number of nitrogens with zero attached hydrogens (tertiary/aromatic N) is 3. The molecular weight excluding hydrogens is 430 g/mol. The average Bonchev–Trinajstić information content (AvgIpc) is 2.80. The summed E-state index contributed by atoms with van der Waals surface area (Å²) in [5.41, 5.74) is 2.02. The molecule has 0 unspecified atom stereocenters. The second-order valence-electron chi connectivity index (χ2n) is 8.48. The van der Waals surface area contributed by atoms with E-state index in [1.807, 2.05) is 31.2 Å². The molecule has 4 rings (SSSR count). The second kappa shape index (κ2) is 9.56. The van der Waals surface area contributed by atoms with E-state index >= 15 is 0 Å². The molecule has 1 N–H and O–H groups in total. The van der Waals surface area contributed by atoms with Crippen molar-refractivity contribution in [2.24, 2.45) is 0 Å². The van der Waals surface area contributed by atoms with E-state index in [0.29, 0.717) is 51.6 Å². The monoisotopic (exact) mass is 456 g/mol. The zero-order valence-electron chi connectivity index (χ0n) is 18.4. The topological polar surface area (TPSA) is 73.0 Å². The summed E-state index contributed by atoms with van der Waals surface area (Å²) in [4.78, 5) is 42.6. The van der Waals surface area contributed by atoms with Gasteiger partial charge in [-0.3, -0.25) is 9.59 Å². The fraction of sp³-hybridized carbons (Fsp3) is 0.375. The van der Waals surface area contributed by atoms with Gasteiger partial charge in [-0.1, -0.05) is 29.8 Å². The predicted octanol–water partition coefficient (Wildman–Crippen LogP) is 3.14. The fourth-order valence-corrected chi connectivity index (χ4v) is 4.27. The van der Waals surface area contributed by atoms with Crippen LogP contribution in [-0.2, 0) is 16.1 Å². The lowest BCUT2D eigenvalue weighted by Crippen LogP contribution is -2.59. The van der Waals surface area contributed by atoms with Crippen molar-refractivity contribution in [2.75, 3.05) is 31.5 Å². The van der Waals surface area contributed by atoms with Gasteiger partial charge in [0.1, 0.15) is 11.6 Å². The highest BCUT2D eigenvalue weighted by molar-refractivity contribution is 6.35. The number of urea groups is 1. The molecule has 2 aromatic carbocycles. The van der Waals surface area contributed by atoms with Crippen LogP contribution in [0.15, 0.2) is 42.5 Å². The lowest BCUT2D eigenvalue weighted by Gasteiger charge is -2.42. The minimum Gasteiger partial charge on any atom is -0.330 e. The third kappa shape index (κ3) is 5.13. The van der Waals surface area contributed by atoms with Gasteiger partial charge in [-0.15, -0.1) is 0 Å². The predicted molar refractivity (Wildman–Crippen MR) is 118 cm³/mol. The molecule has 0 aliphatic carbocycles. The number of carbonyl (C=O) groups is 3. The number of halogens is 2. The van der Waals surface area contributed by atoms with Crippen LogP contribution in [-0.4, -0.2) is 64.8 Å². The highest BCUT2D eigenvalue weighted by Crippen LogP contribution is 2.22. The van der Waals surface area contributed by atoms with E-state index in [1.165, 1.54) is 11.0 Å². The molecule has 0 saturated carbocycles. The minimum atomic E-state index is -0.842. The first-order chi connectivity index (χ1) is 15.8. The highest BCUT2D eigenvalue weighted by atomic mass is 19.1. The minimum absolute atomic E-state index is 0.0889. The number of hydrogen-bond acceptors (Lipinski definition) is 3. The van der Waals surface area contributed by atoms with E-state index in [4.69, 9.17) is 0 Å². The van der Waals surface area contributed by atoms with E-state index in [-0.39, 0.29) is 11.7 Å². The number of aryl methyl sites for hydroxylation is 1. The quantitative estimate of drug-likeness (QED) is 0.719. The zero-order valence-corrected chi connectivity index (χ0v) is 18.4. The smallest absolute Gasteiger partial charge is 0.321 e. The van der Waals surface area contributed by atoms with Crippen LogP contribution in [0.1, 0.15) is 24.0 Å². The summed E-state index contributed by atoms with van der Waals surface area (Å²) in [7, 11) is 0. The molecule has 0 radical (unpaired) electrons. The van der Waals surface area contributed by atoms with Gasteiger partial charge < -0.3 is 20.0 Å². The van der Waals surface area contributed by atoms with Crippen LogP contribution in [0.4, 0.5) is 19.3 Å². The molecule has 0 atom stereocenters. The Morgan fingerprint density at radius 3 is 2.33 bits per heavy atom. The van der Waals surface area contributed by atoms with Crippen LogP contribution in [0.2, 0.25) is 0 Å². The normalized spacial score (nSPS) is 17.5. The van der Waals surface area contributed by atoms with Crippen LogP contribution < -0.4 is 5.32 Å². The number of rotatable bonds is 4. The number of carbonyl (C=O) groups excluding carboxylic acids is 3. The van der Waals surface area contributed by atoms with Crippen molar-refractivity contribution in [2.45, 2.75) is 32.4 Å². The van der Waals surface area contributed by atoms with E-state index in [0.717, 1.165) is 17.2 Å². The van der Waals surface area contributed by atoms with Crippen LogP contribution in [0, 0.1) is 18.6 Å². The molecule has 9 heteroatoms. The first-order valence-electron chi connectivity index (χ1n) is 11.0. The first kappa shape index (κ1) is 22.7. The molecule has 2 aliphatic heterocycles. The second-order valence-corrected chi connectivity index (χ2v) is 8.48. The molecule has 2 aliphatic rings. The van der Waals surface area contributed by atoms with Crippen molar-refractivity contribution in [1.29, 1.82) is 0 Å². The Hall–Kier alpha value is -3.49. The molecule has 174 valence electrons. The molecule has 4 amide bonds. The lowest BCUT2D eigenvalue weighted by atomic mass is 10.0. The number of piperazine rings is 1. The van der Waals surface area contributed by atoms with Gasteiger partial charge in [-0.05, 0) is 37.5 Å². The summed E-state index contributed by atoms with van der Waals surface area (Å²) in [6.45, 7) is 4.04. The highest BCUT2D eigenvalue weighted by Gasteiger charge is 2.38. The molecule has 2 fully saturated rings. The summed E-state index contributed by atoms with van der Waals surface area (Å²) < 4.78 is 26.8. The third-order valence-electron chi connectivity index (χ3n) is 6.20. The Kier molecular flexibility index (Phi) is 6.57. The fourth-order valence-electron chi connectivity index (χ4n) is 4.27. The number of nitrogens with one attached hydrogen (secondary N) is 1. The summed E-state index contributed by atoms with van der Waals surface area (Å²) >= 11 is 0. The molecule has 0 spiro atoms. The van der Waals surface area contributed by atoms with Gasteiger partial charge in [0.15, 0.2) is 0 Å². The summed E-state index contributed by atoms with van der Waals surface area (Å²) in [5, 5.41) is 2.45. The van der Waals surface area contributed by atoms with Crippen LogP contribution in [0.25, 0.3) is 0 Å². The van der Waals surface area contributed by atoms with Crippen LogP contribution in [0.3, 0.4) is 0 Å². The van der Waals surface area contributed by atoms with E-state index < -0.39 is 29.5 Å². The molecule has 2 heterocycles. The molecule has 0 bridgehead atoms. The first-order valence-corrected chi connectivity index (χ1v) is 11.0. The summed E-state index contributed by atoms with van der Waals surface area (Å²) in [6.07, 6.45) is 1.05. The largest absolute Gasteiger partial charge is 0.330 e. The van der Waals surface area contributed by atoms with E-state index in [1.54, 1.807) is 9.80 Å². The molecule has 2 aromatic rings. The van der Waals surface area contributed by atoms with Crippen LogP contribution >= 0.6 is 0 Å². The third-order valence-corrected chi connectivity index (χ3v) is 6.20. The maximum Gasteiger partial charge on any atom is 0.321 e. The Morgan fingerprint density at radius 1 is 0.970 bits per heavy atom. The standard InChI is InChI=1S/C24H26F2N4O3/c1-16-2-4-17(5-3-16)15-29-12-13-30(23(32)22(29)31)19-8-10-28(11-9-19)24(33)27-21-7-6-18(25)14-20(21)26/h2-7,14,19H,8-13,15H2,1H3,(H,27,33). The molecule has 0 aromatic heterocycles. The van der Waals surface area contributed by atoms with Crippen molar-refractivity contribution < 1.29 is 23.2 Å². The van der Waals surface area contributed by atoms with Crippen molar-refractivity contribution >= 4 is 23.5 Å². The molecular formula is C24H26F2N4O3. The number of amides is 4. The van der Waals surface area contributed by atoms with Gasteiger partial charge in [0, 0.05) is 44.8 Å². The number of piperidine rings is 1. The maximum absolute atomic E-state index is 13.8. The average molecular weight is 456 g/mol. The Morgan fingerprint density at radius 2 is 1.67 bits per heavy atom. The van der Waals surface area contributed by atoms with Gasteiger partial charge in [-0.2, -0.15) is 0 Å². The number of benzene rings is 2. The maximum atomic E-state index is 13.8. The van der Waals surface area contributed by atoms with Crippen LogP contribution in [0.5, 0.6) is 0 Å². The van der Waals surface area contributed by atoms with Crippen molar-refractivity contribution in [3.63, 3.8) is 0 Å². The van der Waals surface area contributed by atoms with E-state index in [9.17, 15) is 23.2 Å². The van der Waals surface area contributed by atoms with Gasteiger partial charge in [0.05, 0.1) is 5.69 Å². The number of hydrogen-bond donors (Lipinski definition) is 1. The molecule has 7 nitrogen and oxygen atoms in total. The van der Waals surface area contributed by atoms with Gasteiger partial charge in [0.25, 0.3) is 0 Å². The molecule has 33 heavy (non-hydrogen) atoms. The Labute approximate surface area is 191 Å². The summed E-state index contributed by atoms with van der Waals surface area (Å²) in [6, 6.07) is 10.2. The van der Waals surface area contributed by atoms with Gasteiger partial charge >= 0.3 is 17.8 Å².